The zero-order chi connectivity index (χ0) is 10.3. The van der Waals surface area contributed by atoms with E-state index in [0.717, 1.165) is 12.8 Å². The van der Waals surface area contributed by atoms with E-state index in [4.69, 9.17) is 0 Å². The molecule has 0 rings (SSSR count). The predicted molar refractivity (Wildman–Crippen MR) is 52.8 cm³/mol. The first-order valence-corrected chi connectivity index (χ1v) is 4.40. The van der Waals surface area contributed by atoms with Gasteiger partial charge in [0.1, 0.15) is 0 Å². The van der Waals surface area contributed by atoms with Crippen LogP contribution in [0.3, 0.4) is 0 Å². The van der Waals surface area contributed by atoms with Gasteiger partial charge in [0.05, 0.1) is 20.6 Å². The SMILES string of the molecule is C=CC(=O)NCCCC[N+](C)(C)[O-]. The quantitative estimate of drug-likeness (QED) is 0.286. The van der Waals surface area contributed by atoms with Gasteiger partial charge in [0, 0.05) is 6.54 Å². The smallest absolute Gasteiger partial charge is 0.243 e. The fourth-order valence-corrected chi connectivity index (χ4v) is 0.901. The lowest BCUT2D eigenvalue weighted by Crippen LogP contribution is -2.33. The number of hydroxylamine groups is 3. The number of hydrogen-bond acceptors (Lipinski definition) is 2. The molecule has 0 bridgehead atoms. The zero-order valence-corrected chi connectivity index (χ0v) is 8.38. The van der Waals surface area contributed by atoms with Gasteiger partial charge in [-0.15, -0.1) is 0 Å². The van der Waals surface area contributed by atoms with Gasteiger partial charge >= 0.3 is 0 Å². The fraction of sp³-hybridized carbons (Fsp3) is 0.667. The molecule has 13 heavy (non-hydrogen) atoms. The van der Waals surface area contributed by atoms with E-state index in [1.807, 2.05) is 0 Å². The molecule has 0 aromatic carbocycles. The summed E-state index contributed by atoms with van der Waals surface area (Å²) in [6.07, 6.45) is 2.91. The third-order valence-corrected chi connectivity index (χ3v) is 1.61. The van der Waals surface area contributed by atoms with Crippen LogP contribution in [0, 0.1) is 5.21 Å². The van der Waals surface area contributed by atoms with Crippen LogP contribution in [0.2, 0.25) is 0 Å². The van der Waals surface area contributed by atoms with Crippen LogP contribution in [-0.4, -0.2) is 37.7 Å². The molecular weight excluding hydrogens is 168 g/mol. The molecule has 0 aromatic heterocycles. The van der Waals surface area contributed by atoms with Crippen LogP contribution >= 0.6 is 0 Å². The van der Waals surface area contributed by atoms with Crippen molar-refractivity contribution in [1.29, 1.82) is 0 Å². The Bertz CT molecular complexity index is 173. The summed E-state index contributed by atoms with van der Waals surface area (Å²) in [7, 11) is 3.23. The first-order valence-electron chi connectivity index (χ1n) is 4.40. The van der Waals surface area contributed by atoms with E-state index in [2.05, 4.69) is 11.9 Å². The Balaban J connectivity index is 3.27. The van der Waals surface area contributed by atoms with Gasteiger partial charge in [-0.1, -0.05) is 6.58 Å². The Kier molecular flexibility index (Phi) is 5.34. The van der Waals surface area contributed by atoms with Crippen molar-refractivity contribution in [3.05, 3.63) is 17.9 Å². The Morgan fingerprint density at radius 3 is 2.62 bits per heavy atom. The topological polar surface area (TPSA) is 52.2 Å². The number of carbonyl (C=O) groups is 1. The summed E-state index contributed by atoms with van der Waals surface area (Å²) < 4.78 is -0.268. The second kappa shape index (κ2) is 5.72. The lowest BCUT2D eigenvalue weighted by molar-refractivity contribution is -0.840. The molecule has 4 heteroatoms. The molecule has 0 aliphatic heterocycles. The molecule has 0 atom stereocenters. The highest BCUT2D eigenvalue weighted by atomic mass is 16.5. The average Bonchev–Trinajstić information content (AvgIpc) is 2.01. The maximum Gasteiger partial charge on any atom is 0.243 e. The van der Waals surface area contributed by atoms with E-state index in [9.17, 15) is 10.0 Å². The Hall–Kier alpha value is -0.870. The molecule has 1 amide bonds. The van der Waals surface area contributed by atoms with Crippen LogP contribution in [0.5, 0.6) is 0 Å². The fourth-order valence-electron chi connectivity index (χ4n) is 0.901. The second-order valence-corrected chi connectivity index (χ2v) is 3.50. The number of rotatable bonds is 6. The van der Waals surface area contributed by atoms with E-state index >= 15 is 0 Å². The third-order valence-electron chi connectivity index (χ3n) is 1.61. The Morgan fingerprint density at radius 1 is 1.54 bits per heavy atom. The van der Waals surface area contributed by atoms with E-state index in [1.165, 1.54) is 6.08 Å². The van der Waals surface area contributed by atoms with E-state index in [0.29, 0.717) is 13.1 Å². The first kappa shape index (κ1) is 12.1. The maximum atomic E-state index is 11.1. The minimum Gasteiger partial charge on any atom is -0.633 e. The number of nitrogens with one attached hydrogen (secondary N) is 1. The maximum absolute atomic E-state index is 11.1. The molecular formula is C9H18N2O2. The number of carbonyl (C=O) groups excluding carboxylic acids is 1. The van der Waals surface area contributed by atoms with Crippen molar-refractivity contribution >= 4 is 5.91 Å². The summed E-state index contributed by atoms with van der Waals surface area (Å²) in [5.74, 6) is -0.157. The highest BCUT2D eigenvalue weighted by Crippen LogP contribution is 1.97. The van der Waals surface area contributed by atoms with Crippen molar-refractivity contribution < 1.29 is 9.44 Å². The van der Waals surface area contributed by atoms with Gasteiger partial charge in [-0.25, -0.2) is 0 Å². The summed E-state index contributed by atoms with van der Waals surface area (Å²) >= 11 is 0. The van der Waals surface area contributed by atoms with Crippen molar-refractivity contribution in [3.8, 4) is 0 Å². The van der Waals surface area contributed by atoms with Crippen LogP contribution in [0.4, 0.5) is 0 Å². The molecule has 76 valence electrons. The summed E-state index contributed by atoms with van der Waals surface area (Å²) in [6.45, 7) is 4.54. The number of amides is 1. The molecule has 0 unspecified atom stereocenters. The Labute approximate surface area is 79.4 Å². The number of quaternary nitrogens is 1. The van der Waals surface area contributed by atoms with Crippen molar-refractivity contribution in [2.45, 2.75) is 12.8 Å². The van der Waals surface area contributed by atoms with Crippen LogP contribution in [0.25, 0.3) is 0 Å². The van der Waals surface area contributed by atoms with Gasteiger partial charge in [-0.05, 0) is 18.9 Å². The van der Waals surface area contributed by atoms with Crippen molar-refractivity contribution in [1.82, 2.24) is 5.32 Å². The van der Waals surface area contributed by atoms with Crippen LogP contribution in [-0.2, 0) is 4.79 Å². The van der Waals surface area contributed by atoms with Crippen molar-refractivity contribution in [2.24, 2.45) is 0 Å². The highest BCUT2D eigenvalue weighted by molar-refractivity contribution is 5.86. The van der Waals surface area contributed by atoms with Crippen molar-refractivity contribution in [3.63, 3.8) is 0 Å². The monoisotopic (exact) mass is 186 g/mol. The van der Waals surface area contributed by atoms with Crippen LogP contribution in [0.1, 0.15) is 12.8 Å². The van der Waals surface area contributed by atoms with Gasteiger partial charge < -0.3 is 15.2 Å². The van der Waals surface area contributed by atoms with Gasteiger partial charge in [-0.2, -0.15) is 0 Å². The van der Waals surface area contributed by atoms with Gasteiger partial charge in [0.15, 0.2) is 0 Å². The lowest BCUT2D eigenvalue weighted by Gasteiger charge is -2.33. The van der Waals surface area contributed by atoms with Gasteiger partial charge in [0.2, 0.25) is 5.91 Å². The minimum atomic E-state index is -0.268. The molecule has 4 nitrogen and oxygen atoms in total. The van der Waals surface area contributed by atoms with E-state index in [-0.39, 0.29) is 10.6 Å². The molecule has 0 aromatic rings. The summed E-state index contributed by atoms with van der Waals surface area (Å²) in [5, 5.41) is 13.7. The van der Waals surface area contributed by atoms with Crippen molar-refractivity contribution in [2.75, 3.05) is 27.2 Å². The molecule has 0 aliphatic carbocycles. The van der Waals surface area contributed by atoms with Gasteiger partial charge in [-0.3, -0.25) is 4.79 Å². The normalized spacial score (nSPS) is 11.0. The lowest BCUT2D eigenvalue weighted by atomic mass is 10.3. The number of nitrogens with zero attached hydrogens (tertiary/aromatic N) is 1. The van der Waals surface area contributed by atoms with E-state index in [1.54, 1.807) is 14.1 Å². The molecule has 0 spiro atoms. The molecule has 1 N–H and O–H groups in total. The zero-order valence-electron chi connectivity index (χ0n) is 8.38. The molecule has 0 radical (unpaired) electrons. The second-order valence-electron chi connectivity index (χ2n) is 3.50. The average molecular weight is 186 g/mol. The minimum absolute atomic E-state index is 0.157. The highest BCUT2D eigenvalue weighted by Gasteiger charge is 2.00. The predicted octanol–water partition coefficient (Wildman–Crippen LogP) is 0.643. The molecule has 0 saturated carbocycles. The summed E-state index contributed by atoms with van der Waals surface area (Å²) in [6, 6.07) is 0. The summed E-state index contributed by atoms with van der Waals surface area (Å²) in [4.78, 5) is 10.7. The first-order chi connectivity index (χ1) is 5.95. The number of hydrogen-bond donors (Lipinski definition) is 1. The largest absolute Gasteiger partial charge is 0.633 e. The Morgan fingerprint density at radius 2 is 2.15 bits per heavy atom. The van der Waals surface area contributed by atoms with Gasteiger partial charge in [0.25, 0.3) is 0 Å². The van der Waals surface area contributed by atoms with Crippen LogP contribution < -0.4 is 5.32 Å². The van der Waals surface area contributed by atoms with Crippen LogP contribution in [0.15, 0.2) is 12.7 Å². The number of unbranched alkanes of at least 4 members (excludes halogenated alkanes) is 1. The molecule has 0 aliphatic rings. The summed E-state index contributed by atoms with van der Waals surface area (Å²) in [5.41, 5.74) is 0. The molecule has 0 saturated heterocycles. The third kappa shape index (κ3) is 9.04. The molecule has 0 fully saturated rings. The standard InChI is InChI=1S/C9H18N2O2/c1-4-9(12)10-7-5-6-8-11(2,3)13/h4H,1,5-8H2,2-3H3,(H,10,12). The molecule has 0 heterocycles. The van der Waals surface area contributed by atoms with E-state index < -0.39 is 0 Å².